The molecule has 116 valence electrons. The minimum absolute atomic E-state index is 0.181. The second-order valence-corrected chi connectivity index (χ2v) is 7.02. The van der Waals surface area contributed by atoms with Gasteiger partial charge in [0.15, 0.2) is 5.78 Å². The minimum Gasteiger partial charge on any atom is -0.294 e. The monoisotopic (exact) mass is 298 g/mol. The Kier molecular flexibility index (Phi) is 4.45. The number of carbonyl (C=O) groups is 1. The molecule has 21 heavy (non-hydrogen) atoms. The molecule has 0 amide bonds. The van der Waals surface area contributed by atoms with E-state index in [1.807, 2.05) is 0 Å². The number of rotatable bonds is 2. The Morgan fingerprint density at radius 1 is 1.00 bits per heavy atom. The molecule has 0 radical (unpaired) electrons. The first-order valence-electron chi connectivity index (χ1n) is 7.39. The first-order chi connectivity index (χ1) is 9.70. The van der Waals surface area contributed by atoms with Crippen LogP contribution in [-0.4, -0.2) is 5.78 Å². The third kappa shape index (κ3) is 3.47. The number of ketones is 1. The lowest BCUT2D eigenvalue weighted by Gasteiger charge is -2.36. The van der Waals surface area contributed by atoms with Crippen LogP contribution in [0.2, 0.25) is 0 Å². The predicted octanol–water partition coefficient (Wildman–Crippen LogP) is 5.14. The number of hydrogen-bond acceptors (Lipinski definition) is 1. The molecule has 0 spiro atoms. The van der Waals surface area contributed by atoms with Crippen molar-refractivity contribution >= 4 is 5.78 Å². The van der Waals surface area contributed by atoms with Gasteiger partial charge < -0.3 is 0 Å². The van der Waals surface area contributed by atoms with Gasteiger partial charge in [-0.15, -0.1) is 0 Å². The van der Waals surface area contributed by atoms with Crippen molar-refractivity contribution < 1.29 is 18.0 Å². The zero-order valence-corrected chi connectivity index (χ0v) is 12.7. The second-order valence-electron chi connectivity index (χ2n) is 7.02. The molecule has 0 aliphatic heterocycles. The molecule has 1 aromatic carbocycles. The van der Waals surface area contributed by atoms with Crippen LogP contribution in [-0.2, 0) is 0 Å². The van der Waals surface area contributed by atoms with Crippen molar-refractivity contribution in [2.45, 2.75) is 46.5 Å². The SMILES string of the molecule is CC(C)(C)C1CCC(C(=O)c2c(F)cc(F)cc2F)CC1. The fourth-order valence-corrected chi connectivity index (χ4v) is 3.20. The maximum atomic E-state index is 13.7. The molecule has 0 saturated heterocycles. The van der Waals surface area contributed by atoms with E-state index in [0.29, 0.717) is 30.9 Å². The van der Waals surface area contributed by atoms with E-state index < -0.39 is 28.8 Å². The van der Waals surface area contributed by atoms with E-state index in [1.54, 1.807) is 0 Å². The van der Waals surface area contributed by atoms with Crippen LogP contribution in [0.1, 0.15) is 56.8 Å². The largest absolute Gasteiger partial charge is 0.294 e. The van der Waals surface area contributed by atoms with E-state index in [4.69, 9.17) is 0 Å². The molecule has 0 N–H and O–H groups in total. The third-order valence-corrected chi connectivity index (χ3v) is 4.58. The summed E-state index contributed by atoms with van der Waals surface area (Å²) < 4.78 is 40.3. The van der Waals surface area contributed by atoms with Crippen LogP contribution in [0.25, 0.3) is 0 Å². The Labute approximate surface area is 123 Å². The molecule has 0 heterocycles. The van der Waals surface area contributed by atoms with Crippen LogP contribution in [0.5, 0.6) is 0 Å². The molecule has 2 rings (SSSR count). The molecule has 0 bridgehead atoms. The zero-order valence-electron chi connectivity index (χ0n) is 12.7. The predicted molar refractivity (Wildman–Crippen MR) is 75.5 cm³/mol. The molecular formula is C17H21F3O. The van der Waals surface area contributed by atoms with Crippen LogP contribution in [0.15, 0.2) is 12.1 Å². The van der Waals surface area contributed by atoms with Gasteiger partial charge in [-0.1, -0.05) is 20.8 Å². The average Bonchev–Trinajstić information content (AvgIpc) is 2.36. The van der Waals surface area contributed by atoms with Crippen LogP contribution in [0, 0.1) is 34.7 Å². The minimum atomic E-state index is -1.10. The summed E-state index contributed by atoms with van der Waals surface area (Å²) in [6.45, 7) is 6.50. The molecule has 0 unspecified atom stereocenters. The lowest BCUT2D eigenvalue weighted by atomic mass is 9.68. The van der Waals surface area contributed by atoms with Gasteiger partial charge in [-0.2, -0.15) is 0 Å². The summed E-state index contributed by atoms with van der Waals surface area (Å²) in [5.74, 6) is -3.58. The normalized spacial score (nSPS) is 23.1. The van der Waals surface area contributed by atoms with Gasteiger partial charge in [0.1, 0.15) is 17.5 Å². The molecule has 1 aliphatic carbocycles. The highest BCUT2D eigenvalue weighted by atomic mass is 19.1. The van der Waals surface area contributed by atoms with Crippen molar-refractivity contribution in [3.05, 3.63) is 35.1 Å². The summed E-state index contributed by atoms with van der Waals surface area (Å²) in [4.78, 5) is 12.3. The molecule has 4 heteroatoms. The number of hydrogen-bond donors (Lipinski definition) is 0. The van der Waals surface area contributed by atoms with Crippen molar-refractivity contribution in [2.24, 2.45) is 17.3 Å². The van der Waals surface area contributed by atoms with Crippen LogP contribution in [0.4, 0.5) is 13.2 Å². The van der Waals surface area contributed by atoms with Gasteiger partial charge in [-0.3, -0.25) is 4.79 Å². The maximum absolute atomic E-state index is 13.7. The van der Waals surface area contributed by atoms with Gasteiger partial charge in [0.25, 0.3) is 0 Å². The molecule has 1 fully saturated rings. The van der Waals surface area contributed by atoms with E-state index in [1.165, 1.54) is 0 Å². The Bertz CT molecular complexity index is 514. The number of benzene rings is 1. The van der Waals surface area contributed by atoms with E-state index in [0.717, 1.165) is 12.8 Å². The van der Waals surface area contributed by atoms with Crippen LogP contribution >= 0.6 is 0 Å². The van der Waals surface area contributed by atoms with Gasteiger partial charge >= 0.3 is 0 Å². The summed E-state index contributed by atoms with van der Waals surface area (Å²) in [6, 6.07) is 1.13. The maximum Gasteiger partial charge on any atom is 0.171 e. The molecule has 1 aromatic rings. The Morgan fingerprint density at radius 2 is 1.48 bits per heavy atom. The lowest BCUT2D eigenvalue weighted by Crippen LogP contribution is -2.29. The van der Waals surface area contributed by atoms with Gasteiger partial charge in [-0.05, 0) is 37.0 Å². The van der Waals surface area contributed by atoms with Crippen molar-refractivity contribution in [2.75, 3.05) is 0 Å². The molecular weight excluding hydrogens is 277 g/mol. The molecule has 1 nitrogen and oxygen atoms in total. The van der Waals surface area contributed by atoms with E-state index in [9.17, 15) is 18.0 Å². The number of carbonyl (C=O) groups excluding carboxylic acids is 1. The molecule has 0 atom stereocenters. The van der Waals surface area contributed by atoms with E-state index in [2.05, 4.69) is 20.8 Å². The average molecular weight is 298 g/mol. The molecule has 1 aliphatic rings. The van der Waals surface area contributed by atoms with Gasteiger partial charge in [0, 0.05) is 18.1 Å². The number of halogens is 3. The van der Waals surface area contributed by atoms with Crippen molar-refractivity contribution in [1.29, 1.82) is 0 Å². The van der Waals surface area contributed by atoms with E-state index in [-0.39, 0.29) is 11.3 Å². The molecule has 1 saturated carbocycles. The Balaban J connectivity index is 2.13. The van der Waals surface area contributed by atoms with Gasteiger partial charge in [0.05, 0.1) is 5.56 Å². The van der Waals surface area contributed by atoms with Crippen LogP contribution in [0.3, 0.4) is 0 Å². The first-order valence-corrected chi connectivity index (χ1v) is 7.39. The van der Waals surface area contributed by atoms with Gasteiger partial charge in [-0.25, -0.2) is 13.2 Å². The highest BCUT2D eigenvalue weighted by Gasteiger charge is 2.34. The highest BCUT2D eigenvalue weighted by Crippen LogP contribution is 2.40. The van der Waals surface area contributed by atoms with Crippen molar-refractivity contribution in [3.63, 3.8) is 0 Å². The zero-order chi connectivity index (χ0) is 15.8. The van der Waals surface area contributed by atoms with Gasteiger partial charge in [0.2, 0.25) is 0 Å². The van der Waals surface area contributed by atoms with E-state index >= 15 is 0 Å². The second kappa shape index (κ2) is 5.82. The third-order valence-electron chi connectivity index (χ3n) is 4.58. The summed E-state index contributed by atoms with van der Waals surface area (Å²) in [5, 5.41) is 0. The standard InChI is InChI=1S/C17H21F3O/c1-17(2,3)11-6-4-10(5-7-11)16(21)15-13(19)8-12(18)9-14(15)20/h8-11H,4-7H2,1-3H3. The lowest BCUT2D eigenvalue weighted by molar-refractivity contribution is 0.0810. The quantitative estimate of drug-likeness (QED) is 0.691. The summed E-state index contributed by atoms with van der Waals surface area (Å²) >= 11 is 0. The first kappa shape index (κ1) is 16.1. The smallest absolute Gasteiger partial charge is 0.171 e. The highest BCUT2D eigenvalue weighted by molar-refractivity contribution is 5.98. The summed E-state index contributed by atoms with van der Waals surface area (Å²) in [6.07, 6.45) is 3.03. The summed E-state index contributed by atoms with van der Waals surface area (Å²) in [7, 11) is 0. The fourth-order valence-electron chi connectivity index (χ4n) is 3.20. The fraction of sp³-hybridized carbons (Fsp3) is 0.588. The topological polar surface area (TPSA) is 17.1 Å². The molecule has 0 aromatic heterocycles. The summed E-state index contributed by atoms with van der Waals surface area (Å²) in [5.41, 5.74) is -0.406. The Hall–Kier alpha value is -1.32. The van der Waals surface area contributed by atoms with Crippen LogP contribution < -0.4 is 0 Å². The van der Waals surface area contributed by atoms with Crippen molar-refractivity contribution in [3.8, 4) is 0 Å². The Morgan fingerprint density at radius 3 is 1.90 bits per heavy atom. The van der Waals surface area contributed by atoms with Crippen molar-refractivity contribution in [1.82, 2.24) is 0 Å². The number of Topliss-reactive ketones (excluding diaryl/α,β-unsaturated/α-hetero) is 1.